The number of amides is 1. The lowest BCUT2D eigenvalue weighted by atomic mass is 10.1. The van der Waals surface area contributed by atoms with Crippen molar-refractivity contribution < 1.29 is 23.9 Å². The smallest absolute Gasteiger partial charge is 0.345 e. The van der Waals surface area contributed by atoms with E-state index in [4.69, 9.17) is 32.7 Å². The number of nitriles is 1. The van der Waals surface area contributed by atoms with Crippen molar-refractivity contribution in [3.63, 3.8) is 0 Å². The van der Waals surface area contributed by atoms with Gasteiger partial charge in [0.1, 0.15) is 17.4 Å². The van der Waals surface area contributed by atoms with Gasteiger partial charge in [-0.15, -0.1) is 0 Å². The summed E-state index contributed by atoms with van der Waals surface area (Å²) in [5.74, 6) is -1.48. The standard InChI is InChI=1S/C26H18Cl2N2O5/c1-2-34-25(32)17-5-8-20(9-6-17)30-24(31)18(15-29)13-16-3-10-21(11-4-16)35-26(33)22-12-7-19(27)14-23(22)28/h3-14H,2H2,1H3,(H,30,31)/b18-13+. The molecule has 0 aromatic heterocycles. The molecule has 0 atom stereocenters. The Bertz CT molecular complexity index is 1330. The first-order valence-electron chi connectivity index (χ1n) is 10.3. The van der Waals surface area contributed by atoms with Crippen LogP contribution < -0.4 is 10.1 Å². The predicted molar refractivity (Wildman–Crippen MR) is 132 cm³/mol. The van der Waals surface area contributed by atoms with Crippen LogP contribution >= 0.6 is 23.2 Å². The Hall–Kier alpha value is -4.12. The Morgan fingerprint density at radius 3 is 2.26 bits per heavy atom. The van der Waals surface area contributed by atoms with Crippen molar-refractivity contribution in [1.82, 2.24) is 0 Å². The fourth-order valence-corrected chi connectivity index (χ4v) is 3.35. The zero-order chi connectivity index (χ0) is 25.4. The van der Waals surface area contributed by atoms with Gasteiger partial charge < -0.3 is 14.8 Å². The molecule has 176 valence electrons. The Morgan fingerprint density at radius 2 is 1.66 bits per heavy atom. The van der Waals surface area contributed by atoms with Crippen LogP contribution in [0.3, 0.4) is 0 Å². The maximum atomic E-state index is 12.5. The Labute approximate surface area is 211 Å². The molecule has 0 fully saturated rings. The Kier molecular flexibility index (Phi) is 8.63. The molecule has 0 aliphatic carbocycles. The first kappa shape index (κ1) is 25.5. The van der Waals surface area contributed by atoms with Crippen LogP contribution in [0.4, 0.5) is 5.69 Å². The number of carbonyl (C=O) groups is 3. The van der Waals surface area contributed by atoms with Crippen molar-refractivity contribution in [2.24, 2.45) is 0 Å². The number of nitrogens with zero attached hydrogens (tertiary/aromatic N) is 1. The second kappa shape index (κ2) is 11.8. The van der Waals surface area contributed by atoms with E-state index in [9.17, 15) is 19.6 Å². The van der Waals surface area contributed by atoms with Crippen LogP contribution in [0.25, 0.3) is 6.08 Å². The van der Waals surface area contributed by atoms with Crippen molar-refractivity contribution in [2.75, 3.05) is 11.9 Å². The van der Waals surface area contributed by atoms with Crippen molar-refractivity contribution in [3.05, 3.63) is 99.0 Å². The average molecular weight is 509 g/mol. The maximum Gasteiger partial charge on any atom is 0.345 e. The number of hydrogen-bond acceptors (Lipinski definition) is 6. The van der Waals surface area contributed by atoms with E-state index in [2.05, 4.69) is 5.32 Å². The van der Waals surface area contributed by atoms with Gasteiger partial charge in [-0.25, -0.2) is 9.59 Å². The topological polar surface area (TPSA) is 105 Å². The molecular weight excluding hydrogens is 491 g/mol. The van der Waals surface area contributed by atoms with Gasteiger partial charge in [-0.05, 0) is 73.2 Å². The van der Waals surface area contributed by atoms with Crippen LogP contribution in [0.1, 0.15) is 33.2 Å². The van der Waals surface area contributed by atoms with E-state index in [0.717, 1.165) is 0 Å². The zero-order valence-electron chi connectivity index (χ0n) is 18.4. The summed E-state index contributed by atoms with van der Waals surface area (Å²) >= 11 is 11.9. The third-order valence-electron chi connectivity index (χ3n) is 4.57. The summed E-state index contributed by atoms with van der Waals surface area (Å²) in [4.78, 5) is 36.6. The first-order chi connectivity index (χ1) is 16.8. The number of ether oxygens (including phenoxy) is 2. The average Bonchev–Trinajstić information content (AvgIpc) is 2.84. The molecule has 0 unspecified atom stereocenters. The molecule has 0 saturated heterocycles. The second-order valence-corrected chi connectivity index (χ2v) is 7.85. The molecule has 0 aliphatic heterocycles. The SMILES string of the molecule is CCOC(=O)c1ccc(NC(=O)/C(C#N)=C/c2ccc(OC(=O)c3ccc(Cl)cc3Cl)cc2)cc1. The molecule has 9 heteroatoms. The highest BCUT2D eigenvalue weighted by molar-refractivity contribution is 6.36. The summed E-state index contributed by atoms with van der Waals surface area (Å²) in [5, 5.41) is 12.6. The summed E-state index contributed by atoms with van der Waals surface area (Å²) in [5.41, 5.74) is 1.32. The van der Waals surface area contributed by atoms with E-state index in [1.807, 2.05) is 6.07 Å². The predicted octanol–water partition coefficient (Wildman–Crippen LogP) is 5.93. The number of carbonyl (C=O) groups excluding carboxylic acids is 3. The van der Waals surface area contributed by atoms with Gasteiger partial charge in [0, 0.05) is 10.7 Å². The molecule has 0 spiro atoms. The molecule has 3 aromatic rings. The number of benzene rings is 3. The monoisotopic (exact) mass is 508 g/mol. The number of esters is 2. The van der Waals surface area contributed by atoms with Gasteiger partial charge in [0.05, 0.1) is 22.8 Å². The lowest BCUT2D eigenvalue weighted by Gasteiger charge is -2.07. The quantitative estimate of drug-likeness (QED) is 0.183. The summed E-state index contributed by atoms with van der Waals surface area (Å²) in [7, 11) is 0. The minimum absolute atomic E-state index is 0.142. The highest BCUT2D eigenvalue weighted by atomic mass is 35.5. The molecule has 0 heterocycles. The fourth-order valence-electron chi connectivity index (χ4n) is 2.87. The summed E-state index contributed by atoms with van der Waals surface area (Å²) in [6.07, 6.45) is 1.39. The molecule has 7 nitrogen and oxygen atoms in total. The minimum atomic E-state index is -0.652. The van der Waals surface area contributed by atoms with Crippen LogP contribution in [0.15, 0.2) is 72.3 Å². The molecule has 0 saturated carbocycles. The van der Waals surface area contributed by atoms with E-state index in [1.165, 1.54) is 60.7 Å². The molecule has 3 rings (SSSR count). The van der Waals surface area contributed by atoms with Gasteiger partial charge in [-0.2, -0.15) is 5.26 Å². The number of rotatable bonds is 7. The highest BCUT2D eigenvalue weighted by Gasteiger charge is 2.14. The molecule has 35 heavy (non-hydrogen) atoms. The molecule has 1 N–H and O–H groups in total. The van der Waals surface area contributed by atoms with Gasteiger partial charge in [-0.1, -0.05) is 35.3 Å². The maximum absolute atomic E-state index is 12.5. The summed E-state index contributed by atoms with van der Waals surface area (Å²) in [6.45, 7) is 1.97. The molecule has 0 bridgehead atoms. The molecule has 0 radical (unpaired) electrons. The van der Waals surface area contributed by atoms with Gasteiger partial charge >= 0.3 is 11.9 Å². The van der Waals surface area contributed by atoms with E-state index in [-0.39, 0.29) is 28.5 Å². The van der Waals surface area contributed by atoms with Gasteiger partial charge in [0.25, 0.3) is 5.91 Å². The van der Waals surface area contributed by atoms with Gasteiger partial charge in [0.15, 0.2) is 0 Å². The van der Waals surface area contributed by atoms with Gasteiger partial charge in [0.2, 0.25) is 0 Å². The second-order valence-electron chi connectivity index (χ2n) is 7.00. The minimum Gasteiger partial charge on any atom is -0.462 e. The number of hydrogen-bond donors (Lipinski definition) is 1. The van der Waals surface area contributed by atoms with Crippen molar-refractivity contribution in [2.45, 2.75) is 6.92 Å². The molecule has 0 aliphatic rings. The summed E-state index contributed by atoms with van der Waals surface area (Å²) < 4.78 is 10.2. The van der Waals surface area contributed by atoms with E-state index < -0.39 is 17.8 Å². The molecule has 3 aromatic carbocycles. The van der Waals surface area contributed by atoms with Crippen molar-refractivity contribution in [1.29, 1.82) is 5.26 Å². The van der Waals surface area contributed by atoms with Crippen LogP contribution in [0.2, 0.25) is 10.0 Å². The van der Waals surface area contributed by atoms with Crippen LogP contribution in [-0.2, 0) is 9.53 Å². The van der Waals surface area contributed by atoms with Crippen LogP contribution in [-0.4, -0.2) is 24.5 Å². The lowest BCUT2D eigenvalue weighted by molar-refractivity contribution is -0.112. The Balaban J connectivity index is 1.66. The zero-order valence-corrected chi connectivity index (χ0v) is 19.9. The van der Waals surface area contributed by atoms with Crippen LogP contribution in [0, 0.1) is 11.3 Å². The van der Waals surface area contributed by atoms with E-state index >= 15 is 0 Å². The number of nitrogens with one attached hydrogen (secondary N) is 1. The lowest BCUT2D eigenvalue weighted by Crippen LogP contribution is -2.13. The third kappa shape index (κ3) is 6.93. The fraction of sp³-hybridized carbons (Fsp3) is 0.0769. The third-order valence-corrected chi connectivity index (χ3v) is 5.12. The van der Waals surface area contributed by atoms with Gasteiger partial charge in [-0.3, -0.25) is 4.79 Å². The largest absolute Gasteiger partial charge is 0.462 e. The van der Waals surface area contributed by atoms with E-state index in [1.54, 1.807) is 19.1 Å². The Morgan fingerprint density at radius 1 is 0.971 bits per heavy atom. The number of anilines is 1. The number of halogens is 2. The van der Waals surface area contributed by atoms with Crippen molar-refractivity contribution in [3.8, 4) is 11.8 Å². The highest BCUT2D eigenvalue weighted by Crippen LogP contribution is 2.23. The molecular formula is C26H18Cl2N2O5. The summed E-state index contributed by atoms with van der Waals surface area (Å²) in [6, 6.07) is 18.6. The first-order valence-corrected chi connectivity index (χ1v) is 11.0. The molecule has 1 amide bonds. The van der Waals surface area contributed by atoms with E-state index in [0.29, 0.717) is 21.8 Å². The van der Waals surface area contributed by atoms with Crippen LogP contribution in [0.5, 0.6) is 5.75 Å². The van der Waals surface area contributed by atoms with Crippen molar-refractivity contribution >= 4 is 52.8 Å². The normalized spacial score (nSPS) is 10.7.